The molecule has 1 aromatic carbocycles. The summed E-state index contributed by atoms with van der Waals surface area (Å²) in [5.41, 5.74) is 0.624. The summed E-state index contributed by atoms with van der Waals surface area (Å²) in [6, 6.07) is 5.34. The van der Waals surface area contributed by atoms with E-state index in [0.717, 1.165) is 0 Å². The zero-order valence-corrected chi connectivity index (χ0v) is 14.4. The minimum atomic E-state index is -0.206. The fraction of sp³-hybridized carbons (Fsp3) is 0.611. The van der Waals surface area contributed by atoms with Crippen molar-refractivity contribution in [3.63, 3.8) is 0 Å². The van der Waals surface area contributed by atoms with Crippen LogP contribution in [0.2, 0.25) is 0 Å². The van der Waals surface area contributed by atoms with Gasteiger partial charge in [0.25, 0.3) is 0 Å². The van der Waals surface area contributed by atoms with E-state index in [1.54, 1.807) is 32.4 Å². The van der Waals surface area contributed by atoms with Gasteiger partial charge in [-0.3, -0.25) is 4.79 Å². The molecule has 1 heterocycles. The Morgan fingerprint density at radius 3 is 2.52 bits per heavy atom. The first-order chi connectivity index (χ1) is 11.0. The standard InChI is InChI=1S/C18H26O5/c1-18(2)11-22-16(23-12-18)10-6-8-14(19)13-7-5-9-15(20-3)17(13)21-4/h5,7,9,16H,6,8,10-12H2,1-4H3. The van der Waals surface area contributed by atoms with Crippen LogP contribution in [0.5, 0.6) is 11.5 Å². The highest BCUT2D eigenvalue weighted by Gasteiger charge is 2.28. The normalized spacial score (nSPS) is 17.7. The Bertz CT molecular complexity index is 528. The SMILES string of the molecule is COc1cccc(C(=O)CCCC2OCC(C)(C)CO2)c1OC. The van der Waals surface area contributed by atoms with Crippen LogP contribution in [0.25, 0.3) is 0 Å². The van der Waals surface area contributed by atoms with Crippen molar-refractivity contribution in [2.24, 2.45) is 5.41 Å². The van der Waals surface area contributed by atoms with Crippen molar-refractivity contribution in [3.8, 4) is 11.5 Å². The van der Waals surface area contributed by atoms with Gasteiger partial charge in [0.05, 0.1) is 33.0 Å². The maximum atomic E-state index is 12.4. The fourth-order valence-corrected chi connectivity index (χ4v) is 2.56. The van der Waals surface area contributed by atoms with Gasteiger partial charge >= 0.3 is 0 Å². The lowest BCUT2D eigenvalue weighted by atomic mass is 9.95. The van der Waals surface area contributed by atoms with E-state index in [1.165, 1.54) is 0 Å². The summed E-state index contributed by atoms with van der Waals surface area (Å²) in [6.45, 7) is 5.61. The van der Waals surface area contributed by atoms with Crippen LogP contribution in [0.1, 0.15) is 43.5 Å². The largest absolute Gasteiger partial charge is 0.493 e. The van der Waals surface area contributed by atoms with Crippen LogP contribution in [0.3, 0.4) is 0 Å². The van der Waals surface area contributed by atoms with Gasteiger partial charge in [0.2, 0.25) is 0 Å². The molecule has 0 aromatic heterocycles. The Morgan fingerprint density at radius 2 is 1.91 bits per heavy atom. The van der Waals surface area contributed by atoms with Crippen molar-refractivity contribution >= 4 is 5.78 Å². The molecule has 1 aliphatic rings. The number of rotatable bonds is 7. The van der Waals surface area contributed by atoms with Gasteiger partial charge in [-0.1, -0.05) is 19.9 Å². The molecule has 0 unspecified atom stereocenters. The molecule has 0 atom stereocenters. The highest BCUT2D eigenvalue weighted by Crippen LogP contribution is 2.32. The Morgan fingerprint density at radius 1 is 1.22 bits per heavy atom. The number of ether oxygens (including phenoxy) is 4. The molecule has 0 radical (unpaired) electrons. The van der Waals surface area contributed by atoms with E-state index < -0.39 is 0 Å². The zero-order chi connectivity index (χ0) is 16.9. The Labute approximate surface area is 137 Å². The lowest BCUT2D eigenvalue weighted by molar-refractivity contribution is -0.223. The molecule has 1 aromatic rings. The first kappa shape index (κ1) is 17.8. The fourth-order valence-electron chi connectivity index (χ4n) is 2.56. The minimum absolute atomic E-state index is 0.0388. The Hall–Kier alpha value is -1.59. The lowest BCUT2D eigenvalue weighted by Gasteiger charge is -2.34. The quantitative estimate of drug-likeness (QED) is 0.720. The van der Waals surface area contributed by atoms with Crippen LogP contribution in [0.15, 0.2) is 18.2 Å². The summed E-state index contributed by atoms with van der Waals surface area (Å²) < 4.78 is 21.9. The predicted octanol–water partition coefficient (Wildman–Crippen LogP) is 3.46. The molecular formula is C18H26O5. The second-order valence-electron chi connectivity index (χ2n) is 6.57. The molecule has 23 heavy (non-hydrogen) atoms. The molecule has 0 spiro atoms. The third kappa shape index (κ3) is 4.69. The molecule has 2 rings (SSSR count). The van der Waals surface area contributed by atoms with Crippen LogP contribution in [0.4, 0.5) is 0 Å². The van der Waals surface area contributed by atoms with Crippen molar-refractivity contribution < 1.29 is 23.7 Å². The second kappa shape index (κ2) is 7.79. The van der Waals surface area contributed by atoms with Gasteiger partial charge < -0.3 is 18.9 Å². The van der Waals surface area contributed by atoms with Crippen LogP contribution >= 0.6 is 0 Å². The molecule has 5 nitrogen and oxygen atoms in total. The third-order valence-electron chi connectivity index (χ3n) is 3.87. The van der Waals surface area contributed by atoms with Crippen LogP contribution in [0, 0.1) is 5.41 Å². The first-order valence-electron chi connectivity index (χ1n) is 7.94. The van der Waals surface area contributed by atoms with Crippen molar-refractivity contribution in [2.45, 2.75) is 39.4 Å². The molecule has 0 saturated carbocycles. The number of hydrogen-bond donors (Lipinski definition) is 0. The third-order valence-corrected chi connectivity index (χ3v) is 3.87. The number of para-hydroxylation sites is 1. The zero-order valence-electron chi connectivity index (χ0n) is 14.4. The maximum absolute atomic E-state index is 12.4. The van der Waals surface area contributed by atoms with E-state index in [0.29, 0.717) is 49.5 Å². The lowest BCUT2D eigenvalue weighted by Crippen LogP contribution is -2.37. The van der Waals surface area contributed by atoms with Crippen molar-refractivity contribution in [3.05, 3.63) is 23.8 Å². The average Bonchev–Trinajstić information content (AvgIpc) is 2.55. The molecule has 1 aliphatic heterocycles. The van der Waals surface area contributed by atoms with Crippen molar-refractivity contribution in [2.75, 3.05) is 27.4 Å². The van der Waals surface area contributed by atoms with Crippen molar-refractivity contribution in [1.82, 2.24) is 0 Å². The van der Waals surface area contributed by atoms with Crippen LogP contribution in [-0.2, 0) is 9.47 Å². The van der Waals surface area contributed by atoms with Gasteiger partial charge in [-0.05, 0) is 25.0 Å². The molecule has 0 bridgehead atoms. The predicted molar refractivity (Wildman–Crippen MR) is 87.2 cm³/mol. The topological polar surface area (TPSA) is 54.0 Å². The summed E-state index contributed by atoms with van der Waals surface area (Å²) in [5.74, 6) is 1.10. The van der Waals surface area contributed by atoms with Crippen molar-refractivity contribution in [1.29, 1.82) is 0 Å². The summed E-state index contributed by atoms with van der Waals surface area (Å²) in [5, 5.41) is 0. The maximum Gasteiger partial charge on any atom is 0.171 e. The molecule has 0 N–H and O–H groups in total. The molecule has 1 fully saturated rings. The molecule has 0 amide bonds. The van der Waals surface area contributed by atoms with Gasteiger partial charge in [0, 0.05) is 11.8 Å². The summed E-state index contributed by atoms with van der Waals surface area (Å²) in [6.07, 6.45) is 1.65. The molecule has 5 heteroatoms. The summed E-state index contributed by atoms with van der Waals surface area (Å²) in [4.78, 5) is 12.4. The minimum Gasteiger partial charge on any atom is -0.493 e. The van der Waals surface area contributed by atoms with Gasteiger partial charge in [-0.15, -0.1) is 0 Å². The number of carbonyl (C=O) groups excluding carboxylic acids is 1. The number of hydrogen-bond acceptors (Lipinski definition) is 5. The molecule has 1 saturated heterocycles. The summed E-state index contributed by atoms with van der Waals surface area (Å²) >= 11 is 0. The number of benzene rings is 1. The number of Topliss-reactive ketones (excluding diaryl/α,β-unsaturated/α-hetero) is 1. The van der Waals surface area contributed by atoms with Gasteiger partial charge in [-0.25, -0.2) is 0 Å². The molecule has 0 aliphatic carbocycles. The van der Waals surface area contributed by atoms with E-state index in [4.69, 9.17) is 18.9 Å². The van der Waals surface area contributed by atoms with E-state index in [1.807, 2.05) is 0 Å². The van der Waals surface area contributed by atoms with Gasteiger partial charge in [-0.2, -0.15) is 0 Å². The number of carbonyl (C=O) groups is 1. The first-order valence-corrected chi connectivity index (χ1v) is 7.94. The molecular weight excluding hydrogens is 296 g/mol. The number of ketones is 1. The Balaban J connectivity index is 1.86. The van der Waals surface area contributed by atoms with E-state index >= 15 is 0 Å². The van der Waals surface area contributed by atoms with Gasteiger partial charge in [0.1, 0.15) is 0 Å². The average molecular weight is 322 g/mol. The summed E-state index contributed by atoms with van der Waals surface area (Å²) in [7, 11) is 3.10. The highest BCUT2D eigenvalue weighted by atomic mass is 16.7. The monoisotopic (exact) mass is 322 g/mol. The second-order valence-corrected chi connectivity index (χ2v) is 6.57. The van der Waals surface area contributed by atoms with E-state index in [-0.39, 0.29) is 17.5 Å². The highest BCUT2D eigenvalue weighted by molar-refractivity contribution is 5.99. The van der Waals surface area contributed by atoms with Crippen LogP contribution < -0.4 is 9.47 Å². The van der Waals surface area contributed by atoms with Gasteiger partial charge in [0.15, 0.2) is 23.6 Å². The number of methoxy groups -OCH3 is 2. The molecule has 128 valence electrons. The van der Waals surface area contributed by atoms with Crippen LogP contribution in [-0.4, -0.2) is 39.5 Å². The van der Waals surface area contributed by atoms with E-state index in [2.05, 4.69) is 13.8 Å². The Kier molecular flexibility index (Phi) is 6.02. The van der Waals surface area contributed by atoms with E-state index in [9.17, 15) is 4.79 Å². The smallest absolute Gasteiger partial charge is 0.171 e.